The molecule has 7 amide bonds. The Balaban J connectivity index is 1.35. The number of aromatic nitrogens is 1. The van der Waals surface area contributed by atoms with Crippen molar-refractivity contribution in [2.75, 3.05) is 26.7 Å². The number of β-amino-alcohol motifs (C(OH)–C–C–N with tert-alkyl or cyclic N) is 1. The van der Waals surface area contributed by atoms with Gasteiger partial charge in [0.05, 0.1) is 56.6 Å². The molecule has 3 heterocycles. The summed E-state index contributed by atoms with van der Waals surface area (Å²) in [5.41, 5.74) is 0.785. The third kappa shape index (κ3) is 13.9. The summed E-state index contributed by atoms with van der Waals surface area (Å²) in [5.74, 6) is -7.23. The van der Waals surface area contributed by atoms with E-state index in [1.807, 2.05) is 67.6 Å². The first-order valence-corrected chi connectivity index (χ1v) is 21.4. The number of amides is 7. The highest BCUT2D eigenvalue weighted by Crippen LogP contribution is 2.24. The largest absolute Gasteiger partial charge is 0.391 e. The quantitative estimate of drug-likeness (QED) is 0.105. The maximum Gasteiger partial charge on any atom is 0.251 e. The minimum absolute atomic E-state index is 0.0412. The van der Waals surface area contributed by atoms with Crippen molar-refractivity contribution in [3.8, 4) is 0 Å². The van der Waals surface area contributed by atoms with Gasteiger partial charge in [-0.05, 0) is 24.1 Å². The molecule has 5 rings (SSSR count). The van der Waals surface area contributed by atoms with Gasteiger partial charge in [0, 0.05) is 43.0 Å². The van der Waals surface area contributed by atoms with Gasteiger partial charge in [0.1, 0.15) is 12.1 Å². The lowest BCUT2D eigenvalue weighted by molar-refractivity contribution is -0.145. The van der Waals surface area contributed by atoms with Crippen LogP contribution in [-0.2, 0) is 40.0 Å². The van der Waals surface area contributed by atoms with E-state index in [1.54, 1.807) is 30.5 Å². The zero-order chi connectivity index (χ0) is 48.1. The minimum atomic E-state index is -2.46. The normalized spacial score (nSPS) is 26.5. The average molecular weight is 915 g/mol. The molecule has 2 aromatic carbocycles. The van der Waals surface area contributed by atoms with Gasteiger partial charge in [-0.3, -0.25) is 33.6 Å². The number of likely N-dealkylation sites (N-methyl/N-ethyl adjacent to an activating group) is 1. The van der Waals surface area contributed by atoms with Crippen molar-refractivity contribution < 1.29 is 59.1 Å². The highest BCUT2D eigenvalue weighted by Gasteiger charge is 2.49. The van der Waals surface area contributed by atoms with E-state index in [9.17, 15) is 59.1 Å². The highest BCUT2D eigenvalue weighted by molar-refractivity contribution is 5.94. The second-order valence-corrected chi connectivity index (χ2v) is 16.6. The molecular formula is C46H58N8O12. The molecule has 12 N–H and O–H groups in total. The number of carbonyl (C=O) groups excluding carboxylic acids is 7. The van der Waals surface area contributed by atoms with Crippen LogP contribution in [0.1, 0.15) is 44.2 Å². The molecule has 0 radical (unpaired) electrons. The van der Waals surface area contributed by atoms with Crippen LogP contribution in [0.15, 0.2) is 90.7 Å². The second kappa shape index (κ2) is 23.0. The number of benzene rings is 2. The lowest BCUT2D eigenvalue weighted by Gasteiger charge is -2.34. The number of para-hydroxylation sites is 1. The minimum Gasteiger partial charge on any atom is -0.391 e. The van der Waals surface area contributed by atoms with Crippen LogP contribution in [0, 0.1) is 5.92 Å². The average Bonchev–Trinajstić information content (AvgIpc) is 3.82. The number of rotatable bonds is 9. The van der Waals surface area contributed by atoms with E-state index >= 15 is 0 Å². The molecule has 2 aliphatic heterocycles. The van der Waals surface area contributed by atoms with Gasteiger partial charge in [-0.2, -0.15) is 0 Å². The van der Waals surface area contributed by atoms with Crippen molar-refractivity contribution in [2.45, 2.75) is 87.8 Å². The van der Waals surface area contributed by atoms with E-state index in [0.29, 0.717) is 5.56 Å². The number of aliphatic hydroxyl groups is 5. The molecule has 20 heteroatoms. The number of H-pyrrole nitrogens is 1. The van der Waals surface area contributed by atoms with Crippen LogP contribution < -0.4 is 31.9 Å². The Morgan fingerprint density at radius 3 is 2.32 bits per heavy atom. The van der Waals surface area contributed by atoms with Gasteiger partial charge >= 0.3 is 0 Å². The van der Waals surface area contributed by atoms with Gasteiger partial charge in [-0.25, -0.2) is 0 Å². The van der Waals surface area contributed by atoms with Crippen LogP contribution in [0.4, 0.5) is 0 Å². The third-order valence-electron chi connectivity index (χ3n) is 11.3. The monoisotopic (exact) mass is 914 g/mol. The smallest absolute Gasteiger partial charge is 0.251 e. The fourth-order valence-electron chi connectivity index (χ4n) is 7.46. The predicted octanol–water partition coefficient (Wildman–Crippen LogP) is -1.85. The molecule has 0 aliphatic carbocycles. The summed E-state index contributed by atoms with van der Waals surface area (Å²) in [4.78, 5) is 96.8. The topological polar surface area (TPSA) is 312 Å². The van der Waals surface area contributed by atoms with Gasteiger partial charge < -0.3 is 67.3 Å². The summed E-state index contributed by atoms with van der Waals surface area (Å²) in [5, 5.41) is 71.3. The first-order valence-electron chi connectivity index (χ1n) is 21.4. The standard InChI is InChI=1S/C46H58N8O12/c1-26(16-17-28-12-5-4-6-13-28)10-9-11-27(2)41(61)42(62)40-43(63)45(65)51-34-20-36(57)53-46(34,66)21-39(60)54(3)25-38(59)50-33(18-29-22-47-32-15-8-7-14-31(29)32)44(64)49-24-37(58)48-23-30(55)19-35(56)52-40/h4-17,22,27,30,33-34,40-43,47,55,61-63,66H,18-21,23-25H2,1-3H3,(H,48,58)(H,49,64)(H,50,59)(H,51,65)(H,52,56)(H,53,57)/b11-9+,17-16+,26-10+/t27-,30+,33+,34+,40+,41-,42-,43-,46+/m0/s1. The number of nitrogens with one attached hydrogen (secondary N) is 7. The maximum absolute atomic E-state index is 13.7. The molecular weight excluding hydrogens is 857 g/mol. The summed E-state index contributed by atoms with van der Waals surface area (Å²) in [7, 11) is 1.23. The van der Waals surface area contributed by atoms with E-state index in [2.05, 4.69) is 36.9 Å². The Labute approximate surface area is 380 Å². The summed E-state index contributed by atoms with van der Waals surface area (Å²) < 4.78 is 0. The number of fused-ring (bicyclic) bond motifs is 2. The Morgan fingerprint density at radius 2 is 1.58 bits per heavy atom. The zero-order valence-electron chi connectivity index (χ0n) is 36.8. The molecule has 0 unspecified atom stereocenters. The maximum atomic E-state index is 13.7. The number of nitrogens with zero attached hydrogens (tertiary/aromatic N) is 1. The molecule has 2 aliphatic rings. The number of hydrogen-bond acceptors (Lipinski definition) is 12. The molecule has 0 bridgehead atoms. The Morgan fingerprint density at radius 1 is 0.864 bits per heavy atom. The van der Waals surface area contributed by atoms with Crippen LogP contribution in [-0.4, -0.2) is 152 Å². The summed E-state index contributed by atoms with van der Waals surface area (Å²) >= 11 is 0. The fraction of sp³-hybridized carbons (Fsp3) is 0.413. The van der Waals surface area contributed by atoms with E-state index in [1.165, 1.54) is 14.0 Å². The third-order valence-corrected chi connectivity index (χ3v) is 11.3. The fourth-order valence-corrected chi connectivity index (χ4v) is 7.46. The van der Waals surface area contributed by atoms with Crippen molar-refractivity contribution >= 4 is 58.3 Å². The number of hydrogen-bond donors (Lipinski definition) is 12. The molecule has 0 spiro atoms. The number of allylic oxidation sites excluding steroid dienone is 4. The van der Waals surface area contributed by atoms with Crippen LogP contribution in [0.3, 0.4) is 0 Å². The molecule has 1 aromatic heterocycles. The first-order chi connectivity index (χ1) is 31.3. The Bertz CT molecular complexity index is 2330. The van der Waals surface area contributed by atoms with Crippen LogP contribution in [0.2, 0.25) is 0 Å². The van der Waals surface area contributed by atoms with Crippen molar-refractivity contribution in [1.29, 1.82) is 0 Å². The molecule has 66 heavy (non-hydrogen) atoms. The zero-order valence-corrected chi connectivity index (χ0v) is 36.8. The SMILES string of the molecule is CC(/C=C/c1ccccc1)=C\C=C\[C@H](C)[C@H](O)[C@@H](O)[C@H]1NC(=O)C[C@@H](O)CNC(=O)CNC(=O)[C@@H](Cc2c[nH]c3ccccc23)NC(=O)CN(C)C(=O)C[C@]2(O)NC(=O)C[C@H]2NC(=O)[C@H]1O. The predicted molar refractivity (Wildman–Crippen MR) is 240 cm³/mol. The second-order valence-electron chi connectivity index (χ2n) is 16.6. The van der Waals surface area contributed by atoms with Gasteiger partial charge in [0.25, 0.3) is 5.91 Å². The van der Waals surface area contributed by atoms with E-state index < -0.39 is 134 Å². The van der Waals surface area contributed by atoms with Crippen molar-refractivity contribution in [3.05, 3.63) is 102 Å². The molecule has 354 valence electrons. The van der Waals surface area contributed by atoms with E-state index in [4.69, 9.17) is 0 Å². The van der Waals surface area contributed by atoms with Crippen molar-refractivity contribution in [2.24, 2.45) is 5.92 Å². The Kier molecular flexibility index (Phi) is 17.5. The first kappa shape index (κ1) is 50.3. The number of aromatic amines is 1. The van der Waals surface area contributed by atoms with Crippen molar-refractivity contribution in [3.63, 3.8) is 0 Å². The van der Waals surface area contributed by atoms with Gasteiger partial charge in [0.15, 0.2) is 11.8 Å². The van der Waals surface area contributed by atoms with Gasteiger partial charge in [0.2, 0.25) is 35.4 Å². The summed E-state index contributed by atoms with van der Waals surface area (Å²) in [6, 6.07) is 12.0. The summed E-state index contributed by atoms with van der Waals surface area (Å²) in [6.45, 7) is 1.63. The van der Waals surface area contributed by atoms with Gasteiger partial charge in [-0.15, -0.1) is 0 Å². The summed E-state index contributed by atoms with van der Waals surface area (Å²) in [6.07, 6.45) is 0.430. The Hall–Kier alpha value is -6.71. The van der Waals surface area contributed by atoms with E-state index in [0.717, 1.165) is 26.9 Å². The van der Waals surface area contributed by atoms with Crippen LogP contribution >= 0.6 is 0 Å². The molecule has 2 saturated heterocycles. The molecule has 9 atom stereocenters. The van der Waals surface area contributed by atoms with Crippen LogP contribution in [0.25, 0.3) is 17.0 Å². The number of aliphatic hydroxyl groups excluding tert-OH is 4. The van der Waals surface area contributed by atoms with E-state index in [-0.39, 0.29) is 6.42 Å². The number of carbonyl (C=O) groups is 7. The lowest BCUT2D eigenvalue weighted by atomic mass is 9.91. The lowest BCUT2D eigenvalue weighted by Crippen LogP contribution is -2.63. The molecule has 2 fully saturated rings. The molecule has 20 nitrogen and oxygen atoms in total. The molecule has 3 aromatic rings. The van der Waals surface area contributed by atoms with Gasteiger partial charge in [-0.1, -0.05) is 91.4 Å². The van der Waals surface area contributed by atoms with Crippen molar-refractivity contribution in [1.82, 2.24) is 41.8 Å². The van der Waals surface area contributed by atoms with Crippen LogP contribution in [0.5, 0.6) is 0 Å². The highest BCUT2D eigenvalue weighted by atomic mass is 16.3. The molecule has 0 saturated carbocycles.